The van der Waals surface area contributed by atoms with E-state index in [1.807, 2.05) is 37.8 Å². The van der Waals surface area contributed by atoms with Crippen LogP contribution >= 0.6 is 0 Å². The average molecular weight is 287 g/mol. The van der Waals surface area contributed by atoms with Crippen molar-refractivity contribution < 1.29 is 18.1 Å². The molecular formula is C13H21NO4S. The number of hydrogen-bond acceptors (Lipinski definition) is 4. The molecule has 1 aromatic rings. The molecule has 0 bridgehead atoms. The highest BCUT2D eigenvalue weighted by Gasteiger charge is 2.13. The van der Waals surface area contributed by atoms with Crippen molar-refractivity contribution in [2.24, 2.45) is 0 Å². The summed E-state index contributed by atoms with van der Waals surface area (Å²) in [5, 5.41) is 10.1. The molecule has 1 aromatic carbocycles. The van der Waals surface area contributed by atoms with Gasteiger partial charge in [0.2, 0.25) is 0 Å². The Balaban J connectivity index is 2.86. The van der Waals surface area contributed by atoms with E-state index in [0.717, 1.165) is 11.1 Å². The van der Waals surface area contributed by atoms with Crippen molar-refractivity contribution in [2.75, 3.05) is 23.7 Å². The highest BCUT2D eigenvalue weighted by atomic mass is 32.2. The van der Waals surface area contributed by atoms with Crippen LogP contribution in [0.4, 0.5) is 5.69 Å². The van der Waals surface area contributed by atoms with Crippen LogP contribution in [0.25, 0.3) is 0 Å². The van der Waals surface area contributed by atoms with Gasteiger partial charge in [0.25, 0.3) is 10.1 Å². The SMILES string of the molecule is CCN(CCCS(=O)(=O)O)c1cc(C)cc(C)c1O. The Kier molecular flexibility index (Phi) is 5.20. The molecule has 2 N–H and O–H groups in total. The van der Waals surface area contributed by atoms with Gasteiger partial charge in [-0.2, -0.15) is 8.42 Å². The van der Waals surface area contributed by atoms with Crippen LogP contribution in [-0.4, -0.2) is 36.9 Å². The first-order chi connectivity index (χ1) is 8.74. The van der Waals surface area contributed by atoms with Crippen LogP contribution < -0.4 is 4.90 Å². The monoisotopic (exact) mass is 287 g/mol. The molecule has 0 amide bonds. The molecule has 0 aliphatic heterocycles. The second-order valence-electron chi connectivity index (χ2n) is 4.67. The van der Waals surface area contributed by atoms with Gasteiger partial charge in [-0.05, 0) is 44.4 Å². The van der Waals surface area contributed by atoms with E-state index < -0.39 is 10.1 Å². The Morgan fingerprint density at radius 1 is 1.26 bits per heavy atom. The van der Waals surface area contributed by atoms with E-state index in [0.29, 0.717) is 25.2 Å². The van der Waals surface area contributed by atoms with E-state index in [1.54, 1.807) is 0 Å². The Bertz CT molecular complexity index is 540. The van der Waals surface area contributed by atoms with Crippen LogP contribution in [0.2, 0.25) is 0 Å². The fourth-order valence-electron chi connectivity index (χ4n) is 2.07. The van der Waals surface area contributed by atoms with Crippen molar-refractivity contribution in [2.45, 2.75) is 27.2 Å². The summed E-state index contributed by atoms with van der Waals surface area (Å²) >= 11 is 0. The molecule has 0 aliphatic carbocycles. The second-order valence-corrected chi connectivity index (χ2v) is 6.24. The molecule has 0 aromatic heterocycles. The van der Waals surface area contributed by atoms with Crippen LogP contribution in [0.5, 0.6) is 5.75 Å². The molecule has 0 spiro atoms. The molecule has 0 saturated heterocycles. The number of aryl methyl sites for hydroxylation is 2. The zero-order valence-corrected chi connectivity index (χ0v) is 12.4. The molecule has 6 heteroatoms. The van der Waals surface area contributed by atoms with Gasteiger partial charge in [-0.15, -0.1) is 0 Å². The van der Waals surface area contributed by atoms with Gasteiger partial charge in [0.05, 0.1) is 11.4 Å². The Labute approximate surface area is 114 Å². The summed E-state index contributed by atoms with van der Waals surface area (Å²) in [4.78, 5) is 1.90. The predicted octanol–water partition coefficient (Wildman–Crippen LogP) is 2.11. The number of rotatable bonds is 6. The first kappa shape index (κ1) is 15.8. The molecule has 0 heterocycles. The zero-order chi connectivity index (χ0) is 14.6. The fourth-order valence-corrected chi connectivity index (χ4v) is 2.56. The van der Waals surface area contributed by atoms with Gasteiger partial charge < -0.3 is 10.0 Å². The molecule has 0 aliphatic rings. The largest absolute Gasteiger partial charge is 0.505 e. The fraction of sp³-hybridized carbons (Fsp3) is 0.538. The van der Waals surface area contributed by atoms with Crippen LogP contribution in [-0.2, 0) is 10.1 Å². The van der Waals surface area contributed by atoms with Crippen LogP contribution in [0.1, 0.15) is 24.5 Å². The van der Waals surface area contributed by atoms with Crippen molar-refractivity contribution >= 4 is 15.8 Å². The maximum atomic E-state index is 10.7. The summed E-state index contributed by atoms with van der Waals surface area (Å²) in [7, 11) is -3.93. The Hall–Kier alpha value is -1.27. The summed E-state index contributed by atoms with van der Waals surface area (Å²) in [5.41, 5.74) is 2.54. The number of nitrogens with zero attached hydrogens (tertiary/aromatic N) is 1. The number of aromatic hydroxyl groups is 1. The Morgan fingerprint density at radius 3 is 2.42 bits per heavy atom. The highest BCUT2D eigenvalue weighted by Crippen LogP contribution is 2.32. The van der Waals surface area contributed by atoms with Crippen molar-refractivity contribution in [3.63, 3.8) is 0 Å². The smallest absolute Gasteiger partial charge is 0.264 e. The molecule has 0 unspecified atom stereocenters. The van der Waals surface area contributed by atoms with Gasteiger partial charge in [-0.25, -0.2) is 0 Å². The molecule has 0 atom stereocenters. The molecule has 5 nitrogen and oxygen atoms in total. The summed E-state index contributed by atoms with van der Waals surface area (Å²) < 4.78 is 30.1. The summed E-state index contributed by atoms with van der Waals surface area (Å²) in [6, 6.07) is 3.77. The molecular weight excluding hydrogens is 266 g/mol. The molecule has 0 radical (unpaired) electrons. The average Bonchev–Trinajstić information content (AvgIpc) is 2.28. The molecule has 0 saturated carbocycles. The first-order valence-corrected chi connectivity index (χ1v) is 7.86. The minimum absolute atomic E-state index is 0.222. The number of phenols is 1. The summed E-state index contributed by atoms with van der Waals surface area (Å²) in [6.07, 6.45) is 0.319. The second kappa shape index (κ2) is 6.25. The summed E-state index contributed by atoms with van der Waals surface area (Å²) in [6.45, 7) is 6.83. The lowest BCUT2D eigenvalue weighted by molar-refractivity contribution is 0.469. The Morgan fingerprint density at radius 2 is 1.89 bits per heavy atom. The van der Waals surface area contributed by atoms with Gasteiger partial charge in [0.1, 0.15) is 5.75 Å². The molecule has 1 rings (SSSR count). The normalized spacial score (nSPS) is 11.6. The van der Waals surface area contributed by atoms with E-state index in [2.05, 4.69) is 0 Å². The third-order valence-corrected chi connectivity index (χ3v) is 3.78. The third kappa shape index (κ3) is 4.72. The molecule has 19 heavy (non-hydrogen) atoms. The van der Waals surface area contributed by atoms with Crippen molar-refractivity contribution in [1.82, 2.24) is 0 Å². The first-order valence-electron chi connectivity index (χ1n) is 6.25. The maximum Gasteiger partial charge on any atom is 0.264 e. The van der Waals surface area contributed by atoms with E-state index >= 15 is 0 Å². The number of phenolic OH excluding ortho intramolecular Hbond substituents is 1. The van der Waals surface area contributed by atoms with E-state index in [1.165, 1.54) is 0 Å². The predicted molar refractivity (Wildman–Crippen MR) is 76.5 cm³/mol. The van der Waals surface area contributed by atoms with E-state index in [4.69, 9.17) is 4.55 Å². The van der Waals surface area contributed by atoms with E-state index in [-0.39, 0.29) is 11.5 Å². The molecule has 108 valence electrons. The standard InChI is InChI=1S/C13H21NO4S/c1-4-14(6-5-7-19(16,17)18)12-9-10(2)8-11(3)13(12)15/h8-9,15H,4-7H2,1-3H3,(H,16,17,18). The minimum atomic E-state index is -3.93. The maximum absolute atomic E-state index is 10.7. The minimum Gasteiger partial charge on any atom is -0.505 e. The quantitative estimate of drug-likeness (QED) is 0.784. The van der Waals surface area contributed by atoms with Crippen LogP contribution in [0, 0.1) is 13.8 Å². The van der Waals surface area contributed by atoms with Gasteiger partial charge >= 0.3 is 0 Å². The lowest BCUT2D eigenvalue weighted by atomic mass is 10.1. The van der Waals surface area contributed by atoms with Crippen molar-refractivity contribution in [3.8, 4) is 5.75 Å². The van der Waals surface area contributed by atoms with Gasteiger partial charge in [-0.1, -0.05) is 6.07 Å². The number of anilines is 1. The van der Waals surface area contributed by atoms with E-state index in [9.17, 15) is 13.5 Å². The van der Waals surface area contributed by atoms with Gasteiger partial charge in [0.15, 0.2) is 0 Å². The lowest BCUT2D eigenvalue weighted by Crippen LogP contribution is -2.26. The third-order valence-electron chi connectivity index (χ3n) is 2.98. The number of hydrogen-bond donors (Lipinski definition) is 2. The van der Waals surface area contributed by atoms with Gasteiger partial charge in [-0.3, -0.25) is 4.55 Å². The zero-order valence-electron chi connectivity index (χ0n) is 11.5. The summed E-state index contributed by atoms with van der Waals surface area (Å²) in [5.74, 6) is -0.0472. The van der Waals surface area contributed by atoms with Gasteiger partial charge in [0, 0.05) is 13.1 Å². The van der Waals surface area contributed by atoms with Crippen LogP contribution in [0.3, 0.4) is 0 Å². The van der Waals surface area contributed by atoms with Crippen LogP contribution in [0.15, 0.2) is 12.1 Å². The highest BCUT2D eigenvalue weighted by molar-refractivity contribution is 7.85. The lowest BCUT2D eigenvalue weighted by Gasteiger charge is -2.25. The van der Waals surface area contributed by atoms with Crippen molar-refractivity contribution in [3.05, 3.63) is 23.3 Å². The molecule has 0 fully saturated rings. The topological polar surface area (TPSA) is 77.8 Å². The number of benzene rings is 1. The van der Waals surface area contributed by atoms with Crippen molar-refractivity contribution in [1.29, 1.82) is 0 Å².